The number of esters is 1. The molecule has 1 saturated heterocycles. The first-order valence-corrected chi connectivity index (χ1v) is 11.9. The smallest absolute Gasteiger partial charge is 0.318 e. The van der Waals surface area contributed by atoms with E-state index >= 15 is 0 Å². The molecule has 0 radical (unpaired) electrons. The first-order valence-electron chi connectivity index (χ1n) is 11.9. The molecule has 1 fully saturated rings. The van der Waals surface area contributed by atoms with Crippen LogP contribution in [0.1, 0.15) is 84.5 Å². The number of piperidine rings is 1. The molecule has 2 rings (SSSR count). The van der Waals surface area contributed by atoms with Crippen LogP contribution in [0.15, 0.2) is 11.8 Å². The van der Waals surface area contributed by atoms with E-state index in [2.05, 4.69) is 18.2 Å². The number of rotatable bonds is 12. The topological polar surface area (TPSA) is 75.7 Å². The van der Waals surface area contributed by atoms with Crippen molar-refractivity contribution in [2.75, 3.05) is 19.7 Å². The lowest BCUT2D eigenvalue weighted by Crippen LogP contribution is -2.54. The SMILES string of the molecule is C#CCNC(=O)C[C@@H]1C[C@@]2(C(=O)OCC)CCCC=C2N(CCCCCCCC)C1=O. The molecule has 0 unspecified atom stereocenters. The Kier molecular flexibility index (Phi) is 10.1. The normalized spacial score (nSPS) is 22.9. The number of carbonyl (C=O) groups is 3. The van der Waals surface area contributed by atoms with Crippen molar-refractivity contribution in [3.05, 3.63) is 11.8 Å². The van der Waals surface area contributed by atoms with Crippen molar-refractivity contribution in [1.29, 1.82) is 0 Å². The maximum atomic E-state index is 13.4. The van der Waals surface area contributed by atoms with Gasteiger partial charge in [0.25, 0.3) is 0 Å². The molecule has 0 saturated carbocycles. The van der Waals surface area contributed by atoms with Crippen LogP contribution < -0.4 is 5.32 Å². The Morgan fingerprint density at radius 1 is 1.26 bits per heavy atom. The van der Waals surface area contributed by atoms with E-state index in [1.54, 1.807) is 11.8 Å². The summed E-state index contributed by atoms with van der Waals surface area (Å²) in [6, 6.07) is 0. The summed E-state index contributed by atoms with van der Waals surface area (Å²) in [6.07, 6.45) is 16.7. The summed E-state index contributed by atoms with van der Waals surface area (Å²) >= 11 is 0. The van der Waals surface area contributed by atoms with Crippen LogP contribution in [-0.2, 0) is 19.1 Å². The lowest BCUT2D eigenvalue weighted by Gasteiger charge is -2.48. The van der Waals surface area contributed by atoms with E-state index in [0.717, 1.165) is 37.8 Å². The van der Waals surface area contributed by atoms with Gasteiger partial charge in [0.05, 0.1) is 13.2 Å². The monoisotopic (exact) mass is 430 g/mol. The summed E-state index contributed by atoms with van der Waals surface area (Å²) in [5.74, 6) is 1.26. The largest absolute Gasteiger partial charge is 0.465 e. The number of nitrogens with one attached hydrogen (secondary N) is 1. The number of nitrogens with zero attached hydrogens (tertiary/aromatic N) is 1. The number of hydrogen-bond donors (Lipinski definition) is 1. The Labute approximate surface area is 187 Å². The van der Waals surface area contributed by atoms with Crippen molar-refractivity contribution in [3.63, 3.8) is 0 Å². The fraction of sp³-hybridized carbons (Fsp3) is 0.720. The van der Waals surface area contributed by atoms with Gasteiger partial charge in [-0.3, -0.25) is 14.4 Å². The Hall–Kier alpha value is -2.29. The average molecular weight is 431 g/mol. The predicted octanol–water partition coefficient (Wildman–Crippen LogP) is 3.95. The van der Waals surface area contributed by atoms with Gasteiger partial charge in [0.1, 0.15) is 5.41 Å². The van der Waals surface area contributed by atoms with Crippen LogP contribution in [0.4, 0.5) is 0 Å². The molecule has 2 atom stereocenters. The molecule has 1 N–H and O–H groups in total. The second kappa shape index (κ2) is 12.5. The summed E-state index contributed by atoms with van der Waals surface area (Å²) in [4.78, 5) is 40.6. The van der Waals surface area contributed by atoms with Crippen LogP contribution in [0.3, 0.4) is 0 Å². The Balaban J connectivity index is 2.22. The highest BCUT2D eigenvalue weighted by Crippen LogP contribution is 2.50. The van der Waals surface area contributed by atoms with Crippen molar-refractivity contribution >= 4 is 17.8 Å². The molecule has 0 aromatic rings. The molecule has 2 aliphatic rings. The van der Waals surface area contributed by atoms with Crippen molar-refractivity contribution < 1.29 is 19.1 Å². The van der Waals surface area contributed by atoms with E-state index in [-0.39, 0.29) is 30.7 Å². The van der Waals surface area contributed by atoms with Crippen molar-refractivity contribution in [2.24, 2.45) is 11.3 Å². The average Bonchev–Trinajstić information content (AvgIpc) is 2.76. The molecule has 0 aromatic heterocycles. The van der Waals surface area contributed by atoms with E-state index in [9.17, 15) is 14.4 Å². The summed E-state index contributed by atoms with van der Waals surface area (Å²) in [5.41, 5.74) is -0.0300. The Morgan fingerprint density at radius 2 is 2.00 bits per heavy atom. The van der Waals surface area contributed by atoms with E-state index in [1.807, 2.05) is 6.08 Å². The molecule has 1 heterocycles. The number of unbranched alkanes of at least 4 members (excludes halogenated alkanes) is 5. The quantitative estimate of drug-likeness (QED) is 0.289. The molecule has 1 aliphatic heterocycles. The predicted molar refractivity (Wildman–Crippen MR) is 121 cm³/mol. The van der Waals surface area contributed by atoms with Crippen LogP contribution in [-0.4, -0.2) is 42.4 Å². The third-order valence-electron chi connectivity index (χ3n) is 6.36. The zero-order valence-electron chi connectivity index (χ0n) is 19.2. The summed E-state index contributed by atoms with van der Waals surface area (Å²) in [6.45, 7) is 5.01. The van der Waals surface area contributed by atoms with Crippen LogP contribution in [0.25, 0.3) is 0 Å². The fourth-order valence-electron chi connectivity index (χ4n) is 4.83. The van der Waals surface area contributed by atoms with E-state index in [0.29, 0.717) is 26.0 Å². The fourth-order valence-corrected chi connectivity index (χ4v) is 4.83. The number of likely N-dealkylation sites (tertiary alicyclic amines) is 1. The van der Waals surface area contributed by atoms with Crippen LogP contribution in [0.5, 0.6) is 0 Å². The number of terminal acetylenes is 1. The van der Waals surface area contributed by atoms with E-state index < -0.39 is 11.3 Å². The van der Waals surface area contributed by atoms with Gasteiger partial charge in [-0.1, -0.05) is 51.0 Å². The van der Waals surface area contributed by atoms with Gasteiger partial charge in [0.15, 0.2) is 0 Å². The molecule has 0 aromatic carbocycles. The Bertz CT molecular complexity index is 709. The van der Waals surface area contributed by atoms with E-state index in [4.69, 9.17) is 11.2 Å². The van der Waals surface area contributed by atoms with Crippen LogP contribution in [0.2, 0.25) is 0 Å². The molecule has 6 heteroatoms. The number of allylic oxidation sites excluding steroid dienone is 1. The van der Waals surface area contributed by atoms with Gasteiger partial charge in [0, 0.05) is 24.6 Å². The van der Waals surface area contributed by atoms with Gasteiger partial charge in [-0.25, -0.2) is 0 Å². The third kappa shape index (κ3) is 6.35. The number of carbonyl (C=O) groups excluding carboxylic acids is 3. The first-order chi connectivity index (χ1) is 15.0. The van der Waals surface area contributed by atoms with Gasteiger partial charge in [0.2, 0.25) is 11.8 Å². The van der Waals surface area contributed by atoms with Gasteiger partial charge in [-0.15, -0.1) is 6.42 Å². The highest BCUT2D eigenvalue weighted by Gasteiger charge is 2.54. The summed E-state index contributed by atoms with van der Waals surface area (Å²) < 4.78 is 5.47. The van der Waals surface area contributed by atoms with Gasteiger partial charge in [-0.2, -0.15) is 0 Å². The molecule has 1 aliphatic carbocycles. The minimum atomic E-state index is -0.832. The van der Waals surface area contributed by atoms with Crippen LogP contribution in [0, 0.1) is 23.7 Å². The van der Waals surface area contributed by atoms with Gasteiger partial charge in [-0.05, 0) is 39.0 Å². The molecule has 0 bridgehead atoms. The maximum Gasteiger partial charge on any atom is 0.318 e. The molecule has 2 amide bonds. The molecule has 6 nitrogen and oxygen atoms in total. The number of fused-ring (bicyclic) bond motifs is 1. The third-order valence-corrected chi connectivity index (χ3v) is 6.36. The van der Waals surface area contributed by atoms with Crippen molar-refractivity contribution in [3.8, 4) is 12.3 Å². The number of ether oxygens (including phenoxy) is 1. The molecule has 31 heavy (non-hydrogen) atoms. The lowest BCUT2D eigenvalue weighted by molar-refractivity contribution is -0.162. The summed E-state index contributed by atoms with van der Waals surface area (Å²) in [5, 5.41) is 2.65. The van der Waals surface area contributed by atoms with Crippen LogP contribution >= 0.6 is 0 Å². The number of amides is 2. The number of hydrogen-bond acceptors (Lipinski definition) is 4. The zero-order valence-corrected chi connectivity index (χ0v) is 19.2. The minimum absolute atomic E-state index is 0.0436. The van der Waals surface area contributed by atoms with Crippen molar-refractivity contribution in [1.82, 2.24) is 10.2 Å². The minimum Gasteiger partial charge on any atom is -0.465 e. The first kappa shape index (κ1) is 25.0. The highest BCUT2D eigenvalue weighted by molar-refractivity contribution is 5.92. The standard InChI is InChI=1S/C25H38N2O4/c1-4-7-8-9-10-13-17-27-21-14-11-12-15-25(21,24(30)31-6-3)19-20(23(27)29)18-22(28)26-16-5-2/h2,14,20H,4,6-13,15-19H2,1,3H3,(H,26,28)/t20-,25+/m1/s1. The van der Waals surface area contributed by atoms with E-state index in [1.165, 1.54) is 19.3 Å². The van der Waals surface area contributed by atoms with Gasteiger partial charge >= 0.3 is 5.97 Å². The molecule has 172 valence electrons. The molecular weight excluding hydrogens is 392 g/mol. The molecule has 0 spiro atoms. The maximum absolute atomic E-state index is 13.4. The van der Waals surface area contributed by atoms with Crippen molar-refractivity contribution in [2.45, 2.75) is 84.5 Å². The second-order valence-corrected chi connectivity index (χ2v) is 8.63. The highest BCUT2D eigenvalue weighted by atomic mass is 16.5. The second-order valence-electron chi connectivity index (χ2n) is 8.63. The zero-order chi connectivity index (χ0) is 22.7. The lowest BCUT2D eigenvalue weighted by atomic mass is 9.66. The molecular formula is C25H38N2O4. The van der Waals surface area contributed by atoms with Gasteiger partial charge < -0.3 is 15.0 Å². The summed E-state index contributed by atoms with van der Waals surface area (Å²) in [7, 11) is 0. The Morgan fingerprint density at radius 3 is 2.71 bits per heavy atom.